The summed E-state index contributed by atoms with van der Waals surface area (Å²) in [5, 5.41) is 6.00. The number of ether oxygens (including phenoxy) is 1. The zero-order valence-corrected chi connectivity index (χ0v) is 17.1. The maximum absolute atomic E-state index is 12.8. The van der Waals surface area contributed by atoms with Crippen molar-refractivity contribution in [1.82, 2.24) is 10.6 Å². The maximum atomic E-state index is 12.8. The molecule has 0 spiro atoms. The van der Waals surface area contributed by atoms with Gasteiger partial charge in [-0.15, -0.1) is 0 Å². The smallest absolute Gasteiger partial charge is 0.252 e. The molecular formula is C22H34N2O3. The molecule has 0 radical (unpaired) electrons. The summed E-state index contributed by atoms with van der Waals surface area (Å²) < 4.78 is 5.65. The summed E-state index contributed by atoms with van der Waals surface area (Å²) in [5.41, 5.74) is 1.52. The first-order chi connectivity index (χ1) is 12.9. The molecular weight excluding hydrogens is 340 g/mol. The van der Waals surface area contributed by atoms with E-state index in [4.69, 9.17) is 4.74 Å². The number of rotatable bonds is 9. The van der Waals surface area contributed by atoms with E-state index in [0.717, 1.165) is 37.9 Å². The zero-order chi connectivity index (χ0) is 19.8. The number of benzene rings is 1. The lowest BCUT2D eigenvalue weighted by Gasteiger charge is -2.23. The average Bonchev–Trinajstić information content (AvgIpc) is 3.12. The van der Waals surface area contributed by atoms with Crippen LogP contribution in [0.5, 0.6) is 0 Å². The predicted octanol–water partition coefficient (Wildman–Crippen LogP) is 3.60. The molecule has 1 aliphatic rings. The molecule has 0 bridgehead atoms. The lowest BCUT2D eigenvalue weighted by atomic mass is 10.0. The molecule has 2 amide bonds. The monoisotopic (exact) mass is 374 g/mol. The van der Waals surface area contributed by atoms with Crippen molar-refractivity contribution in [2.24, 2.45) is 5.92 Å². The Labute approximate surface area is 163 Å². The maximum Gasteiger partial charge on any atom is 0.252 e. The molecule has 1 heterocycles. The van der Waals surface area contributed by atoms with Gasteiger partial charge >= 0.3 is 0 Å². The summed E-state index contributed by atoms with van der Waals surface area (Å²) in [6.07, 6.45) is 5.04. The predicted molar refractivity (Wildman–Crippen MR) is 108 cm³/mol. The van der Waals surface area contributed by atoms with Crippen molar-refractivity contribution in [3.05, 3.63) is 35.4 Å². The Kier molecular flexibility index (Phi) is 8.29. The fourth-order valence-corrected chi connectivity index (χ4v) is 3.49. The quantitative estimate of drug-likeness (QED) is 0.694. The summed E-state index contributed by atoms with van der Waals surface area (Å²) in [6, 6.07) is 6.97. The zero-order valence-electron chi connectivity index (χ0n) is 17.1. The van der Waals surface area contributed by atoms with Crippen LogP contribution < -0.4 is 10.6 Å². The first-order valence-corrected chi connectivity index (χ1v) is 10.1. The molecule has 5 heteroatoms. The summed E-state index contributed by atoms with van der Waals surface area (Å²) >= 11 is 0. The van der Waals surface area contributed by atoms with Crippen molar-refractivity contribution in [2.75, 3.05) is 6.61 Å². The van der Waals surface area contributed by atoms with Crippen LogP contribution in [0.15, 0.2) is 24.3 Å². The van der Waals surface area contributed by atoms with E-state index in [1.807, 2.05) is 32.0 Å². The van der Waals surface area contributed by atoms with E-state index in [9.17, 15) is 9.59 Å². The number of amides is 2. The van der Waals surface area contributed by atoms with E-state index in [1.165, 1.54) is 0 Å². The molecule has 1 saturated heterocycles. The van der Waals surface area contributed by atoms with E-state index < -0.39 is 6.04 Å². The molecule has 1 aromatic rings. The van der Waals surface area contributed by atoms with Crippen molar-refractivity contribution in [2.45, 2.75) is 78.0 Å². The minimum absolute atomic E-state index is 0.0618. The van der Waals surface area contributed by atoms with Gasteiger partial charge in [-0.1, -0.05) is 32.0 Å². The summed E-state index contributed by atoms with van der Waals surface area (Å²) in [4.78, 5) is 25.4. The highest BCUT2D eigenvalue weighted by atomic mass is 16.5. The van der Waals surface area contributed by atoms with Crippen LogP contribution in [-0.2, 0) is 9.53 Å². The molecule has 1 fully saturated rings. The summed E-state index contributed by atoms with van der Waals surface area (Å²) in [5.74, 6) is 0.00602. The topological polar surface area (TPSA) is 67.4 Å². The van der Waals surface area contributed by atoms with Gasteiger partial charge < -0.3 is 15.4 Å². The van der Waals surface area contributed by atoms with Crippen molar-refractivity contribution in [1.29, 1.82) is 0 Å². The van der Waals surface area contributed by atoms with Gasteiger partial charge in [0.1, 0.15) is 6.04 Å². The average molecular weight is 375 g/mol. The molecule has 5 nitrogen and oxygen atoms in total. The number of hydrogen-bond donors (Lipinski definition) is 2. The van der Waals surface area contributed by atoms with E-state index >= 15 is 0 Å². The summed E-state index contributed by atoms with van der Waals surface area (Å²) in [7, 11) is 0. The van der Waals surface area contributed by atoms with Crippen molar-refractivity contribution >= 4 is 11.8 Å². The highest BCUT2D eigenvalue weighted by Gasteiger charge is 2.25. The molecule has 0 saturated carbocycles. The molecule has 27 heavy (non-hydrogen) atoms. The van der Waals surface area contributed by atoms with Gasteiger partial charge in [-0.2, -0.15) is 0 Å². The van der Waals surface area contributed by atoms with Crippen molar-refractivity contribution in [3.8, 4) is 0 Å². The van der Waals surface area contributed by atoms with Crippen LogP contribution in [0, 0.1) is 12.8 Å². The number of aryl methyl sites for hydroxylation is 1. The highest BCUT2D eigenvalue weighted by Crippen LogP contribution is 2.18. The Morgan fingerprint density at radius 3 is 2.56 bits per heavy atom. The van der Waals surface area contributed by atoms with Crippen LogP contribution >= 0.6 is 0 Å². The first-order valence-electron chi connectivity index (χ1n) is 10.1. The lowest BCUT2D eigenvalue weighted by molar-refractivity contribution is -0.124. The molecule has 2 N–H and O–H groups in total. The molecule has 0 aliphatic carbocycles. The van der Waals surface area contributed by atoms with Gasteiger partial charge in [0, 0.05) is 18.2 Å². The van der Waals surface area contributed by atoms with Gasteiger partial charge in [-0.25, -0.2) is 0 Å². The highest BCUT2D eigenvalue weighted by molar-refractivity contribution is 5.98. The molecule has 1 aromatic carbocycles. The lowest BCUT2D eigenvalue weighted by Crippen LogP contribution is -2.49. The first kappa shape index (κ1) is 21.4. The van der Waals surface area contributed by atoms with Gasteiger partial charge in [0.25, 0.3) is 5.91 Å². The van der Waals surface area contributed by atoms with Gasteiger partial charge in [0.2, 0.25) is 5.91 Å². The van der Waals surface area contributed by atoms with E-state index in [1.54, 1.807) is 6.07 Å². The van der Waals surface area contributed by atoms with Crippen molar-refractivity contribution in [3.63, 3.8) is 0 Å². The van der Waals surface area contributed by atoms with Gasteiger partial charge in [0.15, 0.2) is 0 Å². The Balaban J connectivity index is 1.92. The molecule has 0 aromatic heterocycles. The minimum atomic E-state index is -0.526. The SMILES string of the molecule is Cc1ccccc1C(=O)NC(CC(C)C)C(=O)NC(C)CCC1CCCO1. The standard InChI is InChI=1S/C22H34N2O3/c1-15(2)14-20(24-21(25)19-10-6-5-8-16(19)3)22(26)23-17(4)11-12-18-9-7-13-27-18/h5-6,8,10,15,17-18,20H,7,9,11-14H2,1-4H3,(H,23,26)(H,24,25). The van der Waals surface area contributed by atoms with Crippen LogP contribution in [-0.4, -0.2) is 36.6 Å². The number of carbonyl (C=O) groups is 2. The molecule has 1 aliphatic heterocycles. The third-order valence-corrected chi connectivity index (χ3v) is 5.05. The summed E-state index contributed by atoms with van der Waals surface area (Å²) in [6.45, 7) is 8.89. The molecule has 2 rings (SSSR count). The number of nitrogens with one attached hydrogen (secondary N) is 2. The van der Waals surface area contributed by atoms with E-state index in [-0.39, 0.29) is 17.9 Å². The Morgan fingerprint density at radius 2 is 1.93 bits per heavy atom. The fourth-order valence-electron chi connectivity index (χ4n) is 3.49. The normalized spacial score (nSPS) is 18.9. The third-order valence-electron chi connectivity index (χ3n) is 5.05. The second-order valence-electron chi connectivity index (χ2n) is 8.09. The van der Waals surface area contributed by atoms with Crippen LogP contribution in [0.1, 0.15) is 68.8 Å². The molecule has 3 unspecified atom stereocenters. The van der Waals surface area contributed by atoms with E-state index in [2.05, 4.69) is 24.5 Å². The van der Waals surface area contributed by atoms with Gasteiger partial charge in [-0.3, -0.25) is 9.59 Å². The van der Waals surface area contributed by atoms with Crippen LogP contribution in [0.3, 0.4) is 0 Å². The molecule has 3 atom stereocenters. The minimum Gasteiger partial charge on any atom is -0.378 e. The van der Waals surface area contributed by atoms with Gasteiger partial charge in [-0.05, 0) is 63.5 Å². The second-order valence-corrected chi connectivity index (χ2v) is 8.09. The third kappa shape index (κ3) is 6.98. The second kappa shape index (κ2) is 10.5. The Hall–Kier alpha value is -1.88. The van der Waals surface area contributed by atoms with Crippen LogP contribution in [0.2, 0.25) is 0 Å². The van der Waals surface area contributed by atoms with Crippen LogP contribution in [0.4, 0.5) is 0 Å². The number of carbonyl (C=O) groups excluding carboxylic acids is 2. The fraction of sp³-hybridized carbons (Fsp3) is 0.636. The van der Waals surface area contributed by atoms with Crippen molar-refractivity contribution < 1.29 is 14.3 Å². The Bertz CT molecular complexity index is 624. The number of hydrogen-bond acceptors (Lipinski definition) is 3. The van der Waals surface area contributed by atoms with Crippen LogP contribution in [0.25, 0.3) is 0 Å². The van der Waals surface area contributed by atoms with E-state index in [0.29, 0.717) is 24.0 Å². The largest absolute Gasteiger partial charge is 0.378 e. The molecule has 150 valence electrons. The van der Waals surface area contributed by atoms with Gasteiger partial charge in [0.05, 0.1) is 6.10 Å². The Morgan fingerprint density at radius 1 is 1.19 bits per heavy atom.